The van der Waals surface area contributed by atoms with Crippen LogP contribution < -0.4 is 5.32 Å². The van der Waals surface area contributed by atoms with E-state index in [0.717, 1.165) is 23.8 Å². The molecule has 0 fully saturated rings. The molecule has 0 unspecified atom stereocenters. The van der Waals surface area contributed by atoms with Crippen molar-refractivity contribution in [1.82, 2.24) is 0 Å². The second-order valence-electron chi connectivity index (χ2n) is 5.15. The Labute approximate surface area is 138 Å². The van der Waals surface area contributed by atoms with Crippen LogP contribution in [0.5, 0.6) is 0 Å². The van der Waals surface area contributed by atoms with E-state index in [1.165, 1.54) is 0 Å². The van der Waals surface area contributed by atoms with E-state index in [-0.39, 0.29) is 5.69 Å². The fourth-order valence-corrected chi connectivity index (χ4v) is 2.24. The number of anilines is 1. The number of nitrogens with one attached hydrogen (secondary N) is 1. The van der Waals surface area contributed by atoms with Crippen molar-refractivity contribution in [3.05, 3.63) is 65.7 Å². The highest BCUT2D eigenvalue weighted by molar-refractivity contribution is 5.93. The number of ether oxygens (including phenoxy) is 1. The van der Waals surface area contributed by atoms with Crippen LogP contribution in [0.3, 0.4) is 0 Å². The third-order valence-corrected chi connectivity index (χ3v) is 3.44. The average molecular weight is 333 g/mol. The Morgan fingerprint density at radius 3 is 2.50 bits per heavy atom. The summed E-state index contributed by atoms with van der Waals surface area (Å²) in [4.78, 5) is 23.9. The number of halogens is 2. The number of esters is 1. The van der Waals surface area contributed by atoms with Crippen molar-refractivity contribution in [1.29, 1.82) is 0 Å². The smallest absolute Gasteiger partial charge is 0.313 e. The van der Waals surface area contributed by atoms with E-state index in [1.807, 2.05) is 25.1 Å². The van der Waals surface area contributed by atoms with Crippen LogP contribution in [-0.2, 0) is 14.3 Å². The molecule has 0 spiro atoms. The van der Waals surface area contributed by atoms with Gasteiger partial charge in [0.2, 0.25) is 0 Å². The van der Waals surface area contributed by atoms with Crippen LogP contribution in [0.2, 0.25) is 0 Å². The van der Waals surface area contributed by atoms with Gasteiger partial charge in [0.25, 0.3) is 5.91 Å². The number of carbonyl (C=O) groups is 2. The van der Waals surface area contributed by atoms with Gasteiger partial charge in [0.15, 0.2) is 6.61 Å². The largest absolute Gasteiger partial charge is 0.455 e. The molecule has 2 aromatic carbocycles. The molecule has 0 saturated carbocycles. The first kappa shape index (κ1) is 17.6. The molecule has 0 radical (unpaired) electrons. The zero-order chi connectivity index (χ0) is 17.5. The Hall–Kier alpha value is -2.76. The monoisotopic (exact) mass is 333 g/mol. The van der Waals surface area contributed by atoms with Gasteiger partial charge in [-0.05, 0) is 24.1 Å². The van der Waals surface area contributed by atoms with Crippen molar-refractivity contribution in [2.75, 3.05) is 11.9 Å². The third-order valence-electron chi connectivity index (χ3n) is 3.44. The standard InChI is InChI=1S/C18H17F2NO3/c1-2-14(12-6-4-3-5-7-12)18(23)24-11-17(22)21-16-10-13(19)8-9-15(16)20/h3-10,14H,2,11H2,1H3,(H,21,22)/t14-/m0/s1. The van der Waals surface area contributed by atoms with Gasteiger partial charge < -0.3 is 10.1 Å². The molecule has 2 rings (SSSR count). The van der Waals surface area contributed by atoms with Crippen LogP contribution in [0.4, 0.5) is 14.5 Å². The molecule has 0 bridgehead atoms. The fraction of sp³-hybridized carbons (Fsp3) is 0.222. The van der Waals surface area contributed by atoms with Crippen LogP contribution in [0.25, 0.3) is 0 Å². The van der Waals surface area contributed by atoms with Crippen molar-refractivity contribution in [2.45, 2.75) is 19.3 Å². The first-order chi connectivity index (χ1) is 11.5. The third kappa shape index (κ3) is 4.62. The highest BCUT2D eigenvalue weighted by atomic mass is 19.1. The van der Waals surface area contributed by atoms with Gasteiger partial charge in [0.05, 0.1) is 11.6 Å². The lowest BCUT2D eigenvalue weighted by molar-refractivity contribution is -0.149. The number of benzene rings is 2. The molecule has 24 heavy (non-hydrogen) atoms. The summed E-state index contributed by atoms with van der Waals surface area (Å²) in [6, 6.07) is 11.8. The second-order valence-corrected chi connectivity index (χ2v) is 5.15. The quantitative estimate of drug-likeness (QED) is 0.821. The van der Waals surface area contributed by atoms with E-state index in [2.05, 4.69) is 5.32 Å². The van der Waals surface area contributed by atoms with Crippen molar-refractivity contribution < 1.29 is 23.1 Å². The Morgan fingerprint density at radius 2 is 1.83 bits per heavy atom. The van der Waals surface area contributed by atoms with Crippen LogP contribution in [-0.4, -0.2) is 18.5 Å². The van der Waals surface area contributed by atoms with Gasteiger partial charge in [0.1, 0.15) is 11.6 Å². The number of carbonyl (C=O) groups excluding carboxylic acids is 2. The minimum Gasteiger partial charge on any atom is -0.455 e. The average Bonchev–Trinajstić information content (AvgIpc) is 2.58. The van der Waals surface area contributed by atoms with Gasteiger partial charge in [-0.25, -0.2) is 8.78 Å². The van der Waals surface area contributed by atoms with Gasteiger partial charge in [-0.2, -0.15) is 0 Å². The molecule has 4 nitrogen and oxygen atoms in total. The second kappa shape index (κ2) is 8.19. The summed E-state index contributed by atoms with van der Waals surface area (Å²) in [5, 5.41) is 2.17. The molecule has 0 aliphatic carbocycles. The zero-order valence-corrected chi connectivity index (χ0v) is 13.1. The normalized spacial score (nSPS) is 11.6. The number of hydrogen-bond acceptors (Lipinski definition) is 3. The number of amides is 1. The Kier molecular flexibility index (Phi) is 6.01. The predicted octanol–water partition coefficient (Wildman–Crippen LogP) is 3.64. The molecule has 2 aromatic rings. The van der Waals surface area contributed by atoms with E-state index >= 15 is 0 Å². The van der Waals surface area contributed by atoms with Crippen LogP contribution in [0, 0.1) is 11.6 Å². The lowest BCUT2D eigenvalue weighted by Gasteiger charge is -2.14. The summed E-state index contributed by atoms with van der Waals surface area (Å²) in [5.74, 6) is -3.22. The van der Waals surface area contributed by atoms with Crippen LogP contribution >= 0.6 is 0 Å². The SMILES string of the molecule is CC[C@H](C(=O)OCC(=O)Nc1cc(F)ccc1F)c1ccccc1. The van der Waals surface area contributed by atoms with Crippen LogP contribution in [0.15, 0.2) is 48.5 Å². The van der Waals surface area contributed by atoms with E-state index in [0.29, 0.717) is 6.42 Å². The highest BCUT2D eigenvalue weighted by Crippen LogP contribution is 2.21. The molecular weight excluding hydrogens is 316 g/mol. The molecule has 1 atom stereocenters. The minimum absolute atomic E-state index is 0.300. The van der Waals surface area contributed by atoms with E-state index in [1.54, 1.807) is 12.1 Å². The summed E-state index contributed by atoms with van der Waals surface area (Å²) in [6.45, 7) is 1.26. The molecule has 0 heterocycles. The first-order valence-electron chi connectivity index (χ1n) is 7.47. The molecule has 1 N–H and O–H groups in total. The van der Waals surface area contributed by atoms with Crippen molar-refractivity contribution in [2.24, 2.45) is 0 Å². The van der Waals surface area contributed by atoms with Gasteiger partial charge in [-0.15, -0.1) is 0 Å². The molecule has 1 amide bonds. The predicted molar refractivity (Wildman–Crippen MR) is 85.4 cm³/mol. The van der Waals surface area contributed by atoms with E-state index in [4.69, 9.17) is 4.74 Å². The van der Waals surface area contributed by atoms with Crippen molar-refractivity contribution in [3.8, 4) is 0 Å². The lowest BCUT2D eigenvalue weighted by Crippen LogP contribution is -2.24. The number of rotatable bonds is 6. The van der Waals surface area contributed by atoms with Crippen molar-refractivity contribution in [3.63, 3.8) is 0 Å². The molecule has 0 aromatic heterocycles. The minimum atomic E-state index is -0.771. The maximum Gasteiger partial charge on any atom is 0.313 e. The summed E-state index contributed by atoms with van der Waals surface area (Å²) >= 11 is 0. The van der Waals surface area contributed by atoms with E-state index < -0.39 is 36.0 Å². The Balaban J connectivity index is 1.93. The topological polar surface area (TPSA) is 55.4 Å². The van der Waals surface area contributed by atoms with Crippen LogP contribution in [0.1, 0.15) is 24.8 Å². The summed E-state index contributed by atoms with van der Waals surface area (Å²) in [6.07, 6.45) is 0.517. The van der Waals surface area contributed by atoms with Gasteiger partial charge in [-0.1, -0.05) is 37.3 Å². The molecule has 0 aliphatic rings. The maximum atomic E-state index is 13.4. The Morgan fingerprint density at radius 1 is 1.12 bits per heavy atom. The Bertz CT molecular complexity index is 719. The highest BCUT2D eigenvalue weighted by Gasteiger charge is 2.21. The molecule has 0 aliphatic heterocycles. The van der Waals surface area contributed by atoms with Crippen molar-refractivity contribution >= 4 is 17.6 Å². The maximum absolute atomic E-state index is 13.4. The number of hydrogen-bond donors (Lipinski definition) is 1. The summed E-state index contributed by atoms with van der Waals surface area (Å²) in [7, 11) is 0. The molecule has 6 heteroatoms. The molecular formula is C18H17F2NO3. The first-order valence-corrected chi connectivity index (χ1v) is 7.47. The van der Waals surface area contributed by atoms with E-state index in [9.17, 15) is 18.4 Å². The van der Waals surface area contributed by atoms with Gasteiger partial charge in [-0.3, -0.25) is 9.59 Å². The van der Waals surface area contributed by atoms with Gasteiger partial charge >= 0.3 is 5.97 Å². The summed E-state index contributed by atoms with van der Waals surface area (Å²) in [5.41, 5.74) is 0.493. The summed E-state index contributed by atoms with van der Waals surface area (Å²) < 4.78 is 31.5. The lowest BCUT2D eigenvalue weighted by atomic mass is 9.97. The van der Waals surface area contributed by atoms with Gasteiger partial charge in [0, 0.05) is 6.07 Å². The molecule has 0 saturated heterocycles. The molecule has 126 valence electrons. The zero-order valence-electron chi connectivity index (χ0n) is 13.1. The fourth-order valence-electron chi connectivity index (χ4n) is 2.24.